The van der Waals surface area contributed by atoms with Crippen LogP contribution in [0, 0.1) is 5.82 Å². The molecule has 1 saturated carbocycles. The molecule has 26 heavy (non-hydrogen) atoms. The Balaban J connectivity index is 1.58. The average molecular weight is 342 g/mol. The van der Waals surface area contributed by atoms with Crippen molar-refractivity contribution in [3.63, 3.8) is 0 Å². The molecule has 4 rings (SSSR count). The largest absolute Gasteiger partial charge is 0.206 e. The summed E-state index contributed by atoms with van der Waals surface area (Å²) in [5.41, 5.74) is 6.22. The second-order valence-electron chi connectivity index (χ2n) is 7.52. The van der Waals surface area contributed by atoms with Crippen molar-refractivity contribution in [2.45, 2.75) is 38.0 Å². The third kappa shape index (κ3) is 3.60. The first-order valence-electron chi connectivity index (χ1n) is 9.67. The molecule has 0 N–H and O–H groups in total. The highest BCUT2D eigenvalue weighted by Crippen LogP contribution is 2.34. The van der Waals surface area contributed by atoms with Crippen LogP contribution in [0.2, 0.25) is 0 Å². The Morgan fingerprint density at radius 3 is 1.96 bits per heavy atom. The van der Waals surface area contributed by atoms with Gasteiger partial charge in [0.25, 0.3) is 0 Å². The van der Waals surface area contributed by atoms with Gasteiger partial charge < -0.3 is 0 Å². The fourth-order valence-electron chi connectivity index (χ4n) is 4.05. The van der Waals surface area contributed by atoms with Crippen LogP contribution in [0.15, 0.2) is 66.7 Å². The van der Waals surface area contributed by atoms with Crippen LogP contribution < -0.4 is 5.46 Å². The number of benzene rings is 3. The molecule has 130 valence electrons. The molecule has 0 unspecified atom stereocenters. The highest BCUT2D eigenvalue weighted by Gasteiger charge is 2.15. The van der Waals surface area contributed by atoms with Gasteiger partial charge in [-0.3, -0.25) is 0 Å². The van der Waals surface area contributed by atoms with Gasteiger partial charge >= 0.3 is 0 Å². The Bertz CT molecular complexity index is 875. The molecule has 0 heterocycles. The van der Waals surface area contributed by atoms with E-state index in [-0.39, 0.29) is 5.82 Å². The SMILES string of the molecule is Bc1ccc(-c2ccc(-c3ccc(C4CCCCC4)cc3)cc2F)cc1. The van der Waals surface area contributed by atoms with Crippen molar-refractivity contribution in [2.24, 2.45) is 0 Å². The van der Waals surface area contributed by atoms with Gasteiger partial charge in [0, 0.05) is 5.56 Å². The Morgan fingerprint density at radius 1 is 0.692 bits per heavy atom. The predicted molar refractivity (Wildman–Crippen MR) is 111 cm³/mol. The molecule has 0 bridgehead atoms. The summed E-state index contributed by atoms with van der Waals surface area (Å²) in [6.45, 7) is 0. The van der Waals surface area contributed by atoms with Crippen LogP contribution >= 0.6 is 0 Å². The van der Waals surface area contributed by atoms with E-state index in [0.717, 1.165) is 16.7 Å². The Morgan fingerprint density at radius 2 is 1.31 bits per heavy atom. The van der Waals surface area contributed by atoms with Gasteiger partial charge in [-0.15, -0.1) is 0 Å². The van der Waals surface area contributed by atoms with Crippen LogP contribution in [-0.4, -0.2) is 7.85 Å². The van der Waals surface area contributed by atoms with Crippen molar-refractivity contribution in [3.8, 4) is 22.3 Å². The van der Waals surface area contributed by atoms with Crippen LogP contribution in [0.1, 0.15) is 43.6 Å². The molecule has 0 amide bonds. The number of hydrogen-bond donors (Lipinski definition) is 0. The Kier molecular flexibility index (Phi) is 4.92. The highest BCUT2D eigenvalue weighted by atomic mass is 19.1. The van der Waals surface area contributed by atoms with Crippen molar-refractivity contribution in [3.05, 3.63) is 78.1 Å². The maximum Gasteiger partial charge on any atom is 0.139 e. The first-order valence-corrected chi connectivity index (χ1v) is 9.67. The van der Waals surface area contributed by atoms with Gasteiger partial charge in [-0.2, -0.15) is 0 Å². The average Bonchev–Trinajstić information content (AvgIpc) is 2.70. The molecule has 0 atom stereocenters. The fourth-order valence-corrected chi connectivity index (χ4v) is 4.05. The zero-order chi connectivity index (χ0) is 17.9. The van der Waals surface area contributed by atoms with Crippen molar-refractivity contribution < 1.29 is 4.39 Å². The molecule has 3 aromatic rings. The molecule has 0 aliphatic heterocycles. The van der Waals surface area contributed by atoms with Crippen LogP contribution in [0.4, 0.5) is 4.39 Å². The lowest BCUT2D eigenvalue weighted by molar-refractivity contribution is 0.443. The van der Waals surface area contributed by atoms with Gasteiger partial charge in [-0.1, -0.05) is 85.4 Å². The first kappa shape index (κ1) is 17.1. The molecule has 1 aliphatic rings. The minimum atomic E-state index is -0.164. The van der Waals surface area contributed by atoms with Crippen molar-refractivity contribution in [1.29, 1.82) is 0 Å². The normalized spacial score (nSPS) is 15.1. The van der Waals surface area contributed by atoms with Crippen molar-refractivity contribution in [1.82, 2.24) is 0 Å². The maximum atomic E-state index is 14.7. The van der Waals surface area contributed by atoms with Crippen LogP contribution in [0.5, 0.6) is 0 Å². The molecule has 1 aliphatic carbocycles. The van der Waals surface area contributed by atoms with Crippen molar-refractivity contribution >= 4 is 13.3 Å². The summed E-state index contributed by atoms with van der Waals surface area (Å²) in [5, 5.41) is 0. The van der Waals surface area contributed by atoms with E-state index in [1.165, 1.54) is 43.1 Å². The minimum absolute atomic E-state index is 0.164. The van der Waals surface area contributed by atoms with E-state index in [4.69, 9.17) is 0 Å². The highest BCUT2D eigenvalue weighted by molar-refractivity contribution is 6.32. The lowest BCUT2D eigenvalue weighted by Crippen LogP contribution is -2.04. The minimum Gasteiger partial charge on any atom is -0.206 e. The van der Waals surface area contributed by atoms with Gasteiger partial charge in [0.2, 0.25) is 0 Å². The first-order chi connectivity index (χ1) is 12.7. The van der Waals surface area contributed by atoms with E-state index in [2.05, 4.69) is 24.3 Å². The molecule has 0 saturated heterocycles. The second-order valence-corrected chi connectivity index (χ2v) is 7.52. The maximum absolute atomic E-state index is 14.7. The molecule has 1 fully saturated rings. The van der Waals surface area contributed by atoms with Gasteiger partial charge in [0.05, 0.1) is 0 Å². The number of hydrogen-bond acceptors (Lipinski definition) is 0. The second kappa shape index (κ2) is 7.49. The van der Waals surface area contributed by atoms with E-state index in [1.807, 2.05) is 44.2 Å². The van der Waals surface area contributed by atoms with Gasteiger partial charge in [0.15, 0.2) is 0 Å². The number of rotatable bonds is 3. The van der Waals surface area contributed by atoms with Gasteiger partial charge in [-0.25, -0.2) is 4.39 Å². The molecule has 0 aromatic heterocycles. The molecule has 2 heteroatoms. The third-order valence-corrected chi connectivity index (χ3v) is 5.65. The molecular weight excluding hydrogens is 318 g/mol. The lowest BCUT2D eigenvalue weighted by atomic mass is 9.83. The van der Waals surface area contributed by atoms with Gasteiger partial charge in [0.1, 0.15) is 13.7 Å². The molecule has 0 spiro atoms. The zero-order valence-corrected chi connectivity index (χ0v) is 15.3. The Labute approximate surface area is 156 Å². The van der Waals surface area contributed by atoms with Crippen LogP contribution in [-0.2, 0) is 0 Å². The summed E-state index contributed by atoms with van der Waals surface area (Å²) in [6.07, 6.45) is 6.68. The summed E-state index contributed by atoms with van der Waals surface area (Å²) < 4.78 is 14.7. The molecule has 0 radical (unpaired) electrons. The van der Waals surface area contributed by atoms with E-state index < -0.39 is 0 Å². The molecule has 3 aromatic carbocycles. The van der Waals surface area contributed by atoms with E-state index in [9.17, 15) is 4.39 Å². The topological polar surface area (TPSA) is 0 Å². The third-order valence-electron chi connectivity index (χ3n) is 5.65. The lowest BCUT2D eigenvalue weighted by Gasteiger charge is -2.22. The van der Waals surface area contributed by atoms with E-state index in [0.29, 0.717) is 11.5 Å². The van der Waals surface area contributed by atoms with E-state index in [1.54, 1.807) is 6.07 Å². The number of halogens is 1. The molecular formula is C24H24BF. The summed E-state index contributed by atoms with van der Waals surface area (Å²) in [5.74, 6) is 0.543. The summed E-state index contributed by atoms with van der Waals surface area (Å²) in [7, 11) is 2.04. The monoisotopic (exact) mass is 342 g/mol. The Hall–Kier alpha value is -2.35. The fraction of sp³-hybridized carbons (Fsp3) is 0.250. The molecule has 0 nitrogen and oxygen atoms in total. The van der Waals surface area contributed by atoms with Crippen LogP contribution in [0.25, 0.3) is 22.3 Å². The smallest absolute Gasteiger partial charge is 0.139 e. The van der Waals surface area contributed by atoms with Crippen molar-refractivity contribution in [2.75, 3.05) is 0 Å². The van der Waals surface area contributed by atoms with Crippen LogP contribution in [0.3, 0.4) is 0 Å². The van der Waals surface area contributed by atoms with Gasteiger partial charge in [-0.05, 0) is 47.1 Å². The zero-order valence-electron chi connectivity index (χ0n) is 15.3. The summed E-state index contributed by atoms with van der Waals surface area (Å²) >= 11 is 0. The predicted octanol–water partition coefficient (Wildman–Crippen LogP) is 5.47. The standard InChI is InChI=1S/C24H24BF/c25-22-13-10-20(11-14-22)23-15-12-21(16-24(23)26)19-8-6-18(7-9-19)17-4-2-1-3-5-17/h6-17H,1-5,25H2. The van der Waals surface area contributed by atoms with E-state index >= 15 is 0 Å². The quantitative estimate of drug-likeness (QED) is 0.554. The summed E-state index contributed by atoms with van der Waals surface area (Å²) in [4.78, 5) is 0. The summed E-state index contributed by atoms with van der Waals surface area (Å²) in [6, 6.07) is 22.3.